The Kier molecular flexibility index (Phi) is 5.24. The summed E-state index contributed by atoms with van der Waals surface area (Å²) < 4.78 is 0. The van der Waals surface area contributed by atoms with Crippen LogP contribution in [0.15, 0.2) is 24.3 Å². The second kappa shape index (κ2) is 6.95. The Morgan fingerprint density at radius 2 is 2.06 bits per heavy atom. The van der Waals surface area contributed by atoms with Gasteiger partial charge in [-0.15, -0.1) is 0 Å². The summed E-state index contributed by atoms with van der Waals surface area (Å²) >= 11 is 2.06. The van der Waals surface area contributed by atoms with Crippen LogP contribution in [0.4, 0.5) is 5.69 Å². The maximum Gasteiger partial charge on any atom is 0.0359 e. The third kappa shape index (κ3) is 4.27. The van der Waals surface area contributed by atoms with Gasteiger partial charge in [-0.3, -0.25) is 0 Å². The fourth-order valence-electron chi connectivity index (χ4n) is 2.23. The molecule has 1 aliphatic heterocycles. The van der Waals surface area contributed by atoms with Crippen molar-refractivity contribution in [2.24, 2.45) is 0 Å². The second-order valence-corrected chi connectivity index (χ2v) is 6.01. The van der Waals surface area contributed by atoms with Crippen LogP contribution in [0.2, 0.25) is 0 Å². The van der Waals surface area contributed by atoms with E-state index >= 15 is 0 Å². The number of nitrogens with one attached hydrogen (secondary N) is 1. The number of benzene rings is 1. The first kappa shape index (κ1) is 12.8. The molecule has 1 N–H and O–H groups in total. The minimum Gasteiger partial charge on any atom is -0.381 e. The molecule has 0 bridgehead atoms. The van der Waals surface area contributed by atoms with Gasteiger partial charge in [0.15, 0.2) is 0 Å². The predicted octanol–water partition coefficient (Wildman–Crippen LogP) is 4.34. The number of aryl methyl sites for hydroxylation is 1. The van der Waals surface area contributed by atoms with Gasteiger partial charge in [-0.05, 0) is 42.7 Å². The van der Waals surface area contributed by atoms with Gasteiger partial charge >= 0.3 is 0 Å². The maximum absolute atomic E-state index is 3.61. The first-order valence-corrected chi connectivity index (χ1v) is 7.97. The number of hydrogen-bond acceptors (Lipinski definition) is 2. The van der Waals surface area contributed by atoms with Crippen LogP contribution in [-0.4, -0.2) is 17.5 Å². The van der Waals surface area contributed by atoms with Crippen molar-refractivity contribution in [3.8, 4) is 0 Å². The van der Waals surface area contributed by atoms with E-state index in [-0.39, 0.29) is 0 Å². The molecule has 1 fully saturated rings. The molecule has 1 atom stereocenters. The number of rotatable bonds is 6. The van der Waals surface area contributed by atoms with E-state index in [4.69, 9.17) is 0 Å². The normalized spacial score (nSPS) is 19.5. The van der Waals surface area contributed by atoms with E-state index in [0.717, 1.165) is 0 Å². The molecule has 0 aliphatic carbocycles. The third-order valence-electron chi connectivity index (χ3n) is 3.32. The highest BCUT2D eigenvalue weighted by Gasteiger charge is 2.14. The highest BCUT2D eigenvalue weighted by Crippen LogP contribution is 2.21. The van der Waals surface area contributed by atoms with Crippen molar-refractivity contribution in [3.05, 3.63) is 29.8 Å². The van der Waals surface area contributed by atoms with Crippen molar-refractivity contribution in [3.63, 3.8) is 0 Å². The zero-order chi connectivity index (χ0) is 11.9. The Hall–Kier alpha value is -0.630. The number of thioether (sulfide) groups is 1. The Balaban J connectivity index is 1.80. The molecule has 0 radical (unpaired) electrons. The maximum atomic E-state index is 3.61. The minimum atomic E-state index is 0.686. The molecular weight excluding hydrogens is 226 g/mol. The summed E-state index contributed by atoms with van der Waals surface area (Å²) in [5.41, 5.74) is 2.77. The molecule has 0 saturated carbocycles. The van der Waals surface area contributed by atoms with Gasteiger partial charge in [0.1, 0.15) is 0 Å². The monoisotopic (exact) mass is 249 g/mol. The molecule has 1 aliphatic rings. The minimum absolute atomic E-state index is 0.686. The Bertz CT molecular complexity index is 314. The summed E-state index contributed by atoms with van der Waals surface area (Å²) in [7, 11) is 0. The highest BCUT2D eigenvalue weighted by atomic mass is 32.2. The summed E-state index contributed by atoms with van der Waals surface area (Å²) in [6.45, 7) is 2.26. The summed E-state index contributed by atoms with van der Waals surface area (Å²) in [5.74, 6) is 2.57. The van der Waals surface area contributed by atoms with Crippen molar-refractivity contribution in [1.29, 1.82) is 0 Å². The van der Waals surface area contributed by atoms with Gasteiger partial charge < -0.3 is 5.32 Å². The lowest BCUT2D eigenvalue weighted by molar-refractivity contribution is 0.717. The van der Waals surface area contributed by atoms with E-state index in [1.54, 1.807) is 0 Å². The van der Waals surface area contributed by atoms with Crippen molar-refractivity contribution >= 4 is 17.4 Å². The van der Waals surface area contributed by atoms with Gasteiger partial charge in [-0.1, -0.05) is 31.9 Å². The zero-order valence-corrected chi connectivity index (χ0v) is 11.6. The third-order valence-corrected chi connectivity index (χ3v) is 4.49. The first-order chi connectivity index (χ1) is 8.38. The number of unbranched alkanes of at least 4 members (excludes halogenated alkanes) is 2. The lowest BCUT2D eigenvalue weighted by Gasteiger charge is -2.13. The van der Waals surface area contributed by atoms with E-state index in [0.29, 0.717) is 6.04 Å². The van der Waals surface area contributed by atoms with E-state index in [9.17, 15) is 0 Å². The Labute approximate surface area is 109 Å². The lowest BCUT2D eigenvalue weighted by atomic mass is 10.1. The molecule has 2 rings (SSSR count). The molecule has 0 amide bonds. The van der Waals surface area contributed by atoms with Crippen molar-refractivity contribution in [2.45, 2.75) is 45.1 Å². The SMILES string of the molecule is CCCCCc1ccc(NC2CCSC2)cc1. The van der Waals surface area contributed by atoms with E-state index in [1.807, 2.05) is 0 Å². The summed E-state index contributed by atoms with van der Waals surface area (Å²) in [6, 6.07) is 9.72. The molecule has 1 unspecified atom stereocenters. The molecule has 1 heterocycles. The second-order valence-electron chi connectivity index (χ2n) is 4.86. The largest absolute Gasteiger partial charge is 0.381 e. The molecule has 2 heteroatoms. The van der Waals surface area contributed by atoms with E-state index in [1.165, 1.54) is 54.9 Å². The van der Waals surface area contributed by atoms with E-state index in [2.05, 4.69) is 48.3 Å². The molecule has 1 aromatic rings. The fraction of sp³-hybridized carbons (Fsp3) is 0.600. The molecule has 94 valence electrons. The zero-order valence-electron chi connectivity index (χ0n) is 10.7. The van der Waals surface area contributed by atoms with Crippen LogP contribution in [0.1, 0.15) is 38.2 Å². The molecule has 1 aromatic carbocycles. The number of hydrogen-bond donors (Lipinski definition) is 1. The Morgan fingerprint density at radius 3 is 2.71 bits per heavy atom. The molecular formula is C15H23NS. The smallest absolute Gasteiger partial charge is 0.0359 e. The van der Waals surface area contributed by atoms with Gasteiger partial charge in [0.2, 0.25) is 0 Å². The lowest BCUT2D eigenvalue weighted by Crippen LogP contribution is -2.17. The molecule has 0 spiro atoms. The highest BCUT2D eigenvalue weighted by molar-refractivity contribution is 7.99. The summed E-state index contributed by atoms with van der Waals surface area (Å²) in [4.78, 5) is 0. The predicted molar refractivity (Wildman–Crippen MR) is 79.0 cm³/mol. The van der Waals surface area contributed by atoms with Crippen LogP contribution < -0.4 is 5.32 Å². The standard InChI is InChI=1S/C15H23NS/c1-2-3-4-5-13-6-8-14(9-7-13)16-15-10-11-17-12-15/h6-9,15-16H,2-5,10-12H2,1H3. The van der Waals surface area contributed by atoms with Crippen LogP contribution in [0.25, 0.3) is 0 Å². The molecule has 17 heavy (non-hydrogen) atoms. The van der Waals surface area contributed by atoms with Crippen molar-refractivity contribution in [2.75, 3.05) is 16.8 Å². The van der Waals surface area contributed by atoms with Gasteiger partial charge in [0, 0.05) is 17.5 Å². The van der Waals surface area contributed by atoms with Crippen molar-refractivity contribution in [1.82, 2.24) is 0 Å². The van der Waals surface area contributed by atoms with Crippen LogP contribution in [0.5, 0.6) is 0 Å². The van der Waals surface area contributed by atoms with Gasteiger partial charge in [-0.2, -0.15) is 11.8 Å². The van der Waals surface area contributed by atoms with Crippen LogP contribution in [-0.2, 0) is 6.42 Å². The van der Waals surface area contributed by atoms with Crippen molar-refractivity contribution < 1.29 is 0 Å². The quantitative estimate of drug-likeness (QED) is 0.753. The van der Waals surface area contributed by atoms with Crippen LogP contribution in [0.3, 0.4) is 0 Å². The first-order valence-electron chi connectivity index (χ1n) is 6.81. The van der Waals surface area contributed by atoms with Crippen LogP contribution in [0, 0.1) is 0 Å². The molecule has 1 nitrogen and oxygen atoms in total. The number of anilines is 1. The molecule has 1 saturated heterocycles. The topological polar surface area (TPSA) is 12.0 Å². The molecule has 0 aromatic heterocycles. The average Bonchev–Trinajstić information content (AvgIpc) is 2.85. The average molecular weight is 249 g/mol. The van der Waals surface area contributed by atoms with Gasteiger partial charge in [0.05, 0.1) is 0 Å². The summed E-state index contributed by atoms with van der Waals surface area (Å²) in [5, 5.41) is 3.61. The van der Waals surface area contributed by atoms with Crippen LogP contribution >= 0.6 is 11.8 Å². The van der Waals surface area contributed by atoms with E-state index < -0.39 is 0 Å². The summed E-state index contributed by atoms with van der Waals surface area (Å²) in [6.07, 6.45) is 6.51. The fourth-order valence-corrected chi connectivity index (χ4v) is 3.38. The van der Waals surface area contributed by atoms with Gasteiger partial charge in [-0.25, -0.2) is 0 Å². The van der Waals surface area contributed by atoms with Gasteiger partial charge in [0.25, 0.3) is 0 Å². The Morgan fingerprint density at radius 1 is 1.24 bits per heavy atom.